The molecule has 0 radical (unpaired) electrons. The summed E-state index contributed by atoms with van der Waals surface area (Å²) < 4.78 is 63.5. The summed E-state index contributed by atoms with van der Waals surface area (Å²) in [6.45, 7) is 8.98. The highest BCUT2D eigenvalue weighted by Crippen LogP contribution is 2.40. The molecule has 2 fully saturated rings. The van der Waals surface area contributed by atoms with Crippen LogP contribution in [0.1, 0.15) is 22.8 Å². The van der Waals surface area contributed by atoms with Gasteiger partial charge in [0, 0.05) is 49.7 Å². The van der Waals surface area contributed by atoms with E-state index >= 15 is 0 Å². The highest BCUT2D eigenvalue weighted by atomic mass is 32.1. The van der Waals surface area contributed by atoms with E-state index in [2.05, 4.69) is 44.2 Å². The molecule has 0 saturated carbocycles. The van der Waals surface area contributed by atoms with Gasteiger partial charge in [0.1, 0.15) is 0 Å². The van der Waals surface area contributed by atoms with Crippen molar-refractivity contribution < 1.29 is 46.1 Å². The van der Waals surface area contributed by atoms with Gasteiger partial charge in [-0.1, -0.05) is 6.07 Å². The van der Waals surface area contributed by atoms with Gasteiger partial charge in [-0.05, 0) is 32.0 Å². The molecule has 2 N–H and O–H groups in total. The number of rotatable bonds is 4. The summed E-state index contributed by atoms with van der Waals surface area (Å²) in [5.74, 6) is -5.51. The molecule has 36 heavy (non-hydrogen) atoms. The topological polar surface area (TPSA) is 107 Å². The number of pyridine rings is 1. The van der Waals surface area contributed by atoms with Gasteiger partial charge in [0.2, 0.25) is 0 Å². The van der Waals surface area contributed by atoms with Crippen LogP contribution in [-0.2, 0) is 22.7 Å². The van der Waals surface area contributed by atoms with E-state index in [1.807, 2.05) is 12.3 Å². The molecule has 2 aliphatic heterocycles. The van der Waals surface area contributed by atoms with Crippen LogP contribution in [-0.4, -0.2) is 80.5 Å². The fourth-order valence-electron chi connectivity index (χ4n) is 3.87. The molecule has 2 aliphatic rings. The van der Waals surface area contributed by atoms with E-state index in [1.165, 1.54) is 49.0 Å². The summed E-state index contributed by atoms with van der Waals surface area (Å²) >= 11 is 1.76. The molecule has 2 aromatic heterocycles. The predicted molar refractivity (Wildman–Crippen MR) is 116 cm³/mol. The number of carboxylic acids is 2. The number of thiazole rings is 1. The fraction of sp³-hybridized carbons (Fsp3) is 0.524. The Morgan fingerprint density at radius 2 is 1.50 bits per heavy atom. The van der Waals surface area contributed by atoms with E-state index in [1.54, 1.807) is 11.3 Å². The van der Waals surface area contributed by atoms with Crippen molar-refractivity contribution in [2.45, 2.75) is 38.8 Å². The lowest BCUT2D eigenvalue weighted by Gasteiger charge is -2.48. The van der Waals surface area contributed by atoms with E-state index in [4.69, 9.17) is 19.8 Å². The van der Waals surface area contributed by atoms with Crippen molar-refractivity contribution >= 4 is 23.3 Å². The highest BCUT2D eigenvalue weighted by Gasteiger charge is 2.47. The zero-order valence-corrected chi connectivity index (χ0v) is 19.8. The van der Waals surface area contributed by atoms with Crippen molar-refractivity contribution in [2.75, 3.05) is 26.2 Å². The van der Waals surface area contributed by atoms with Crippen molar-refractivity contribution in [1.29, 1.82) is 0 Å². The van der Waals surface area contributed by atoms with Crippen LogP contribution in [0.3, 0.4) is 0 Å². The number of hydrogen-bond donors (Lipinski definition) is 2. The van der Waals surface area contributed by atoms with Crippen LogP contribution < -0.4 is 0 Å². The summed E-state index contributed by atoms with van der Waals surface area (Å²) in [4.78, 5) is 31.9. The van der Waals surface area contributed by atoms with Crippen LogP contribution >= 0.6 is 11.3 Å². The number of aryl methyl sites for hydroxylation is 1. The Bertz CT molecular complexity index is 986. The zero-order chi connectivity index (χ0) is 27.1. The van der Waals surface area contributed by atoms with Gasteiger partial charge in [0.15, 0.2) is 0 Å². The monoisotopic (exact) mass is 542 g/mol. The van der Waals surface area contributed by atoms with Crippen molar-refractivity contribution in [3.63, 3.8) is 0 Å². The molecular formula is C21H24F6N4O4S. The number of nitrogens with zero attached hydrogens (tertiary/aromatic N) is 4. The molecule has 0 bridgehead atoms. The first-order valence-corrected chi connectivity index (χ1v) is 11.3. The number of alkyl halides is 6. The molecule has 2 aromatic rings. The summed E-state index contributed by atoms with van der Waals surface area (Å²) in [6.07, 6.45) is -6.95. The lowest BCUT2D eigenvalue weighted by Crippen LogP contribution is -2.56. The predicted octanol–water partition coefficient (Wildman–Crippen LogP) is 3.82. The Kier molecular flexibility index (Phi) is 9.79. The van der Waals surface area contributed by atoms with Crippen LogP contribution in [0.4, 0.5) is 26.3 Å². The minimum atomic E-state index is -5.08. The fourth-order valence-corrected chi connectivity index (χ4v) is 4.47. The second-order valence-corrected chi connectivity index (χ2v) is 9.45. The molecule has 0 aromatic carbocycles. The molecule has 0 unspecified atom stereocenters. The van der Waals surface area contributed by atoms with Crippen molar-refractivity contribution in [3.8, 4) is 0 Å². The number of hydrogen-bond acceptors (Lipinski definition) is 7. The third-order valence-corrected chi connectivity index (χ3v) is 6.11. The minimum absolute atomic E-state index is 0.528. The van der Waals surface area contributed by atoms with Crippen LogP contribution in [0.15, 0.2) is 29.8 Å². The van der Waals surface area contributed by atoms with Crippen molar-refractivity contribution in [3.05, 3.63) is 46.2 Å². The average molecular weight is 543 g/mol. The van der Waals surface area contributed by atoms with E-state index < -0.39 is 24.3 Å². The number of aromatic nitrogens is 2. The van der Waals surface area contributed by atoms with E-state index in [-0.39, 0.29) is 0 Å². The Balaban J connectivity index is 0.000000271. The zero-order valence-electron chi connectivity index (χ0n) is 19.0. The standard InChI is InChI=1S/C17H22N4S.2C2HF3O2/c1-14-19-16(10-22-14)9-20-7-5-17(11-20)12-21(13-17)8-15-4-2-3-6-18-15;2*3-2(4,5)1(6)7/h2-4,6,10H,5,7-9,11-13H2,1H3;2*(H,6,7). The van der Waals surface area contributed by atoms with Gasteiger partial charge in [0.25, 0.3) is 0 Å². The van der Waals surface area contributed by atoms with E-state index in [0.29, 0.717) is 5.41 Å². The van der Waals surface area contributed by atoms with E-state index in [9.17, 15) is 26.3 Å². The second kappa shape index (κ2) is 12.0. The second-order valence-electron chi connectivity index (χ2n) is 8.39. The maximum atomic E-state index is 10.6. The third-order valence-electron chi connectivity index (χ3n) is 5.28. The van der Waals surface area contributed by atoms with Gasteiger partial charge in [0.05, 0.1) is 16.4 Å². The van der Waals surface area contributed by atoms with Crippen LogP contribution in [0.25, 0.3) is 0 Å². The molecule has 2 saturated heterocycles. The normalized spacial score (nSPS) is 17.4. The molecule has 8 nitrogen and oxygen atoms in total. The SMILES string of the molecule is Cc1nc(CN2CCC3(C2)CN(Cc2ccccn2)C3)cs1.O=C(O)C(F)(F)F.O=C(O)C(F)(F)F. The molecular weight excluding hydrogens is 518 g/mol. The first kappa shape index (κ1) is 29.5. The molecule has 4 heterocycles. The molecule has 200 valence electrons. The summed E-state index contributed by atoms with van der Waals surface area (Å²) in [5.41, 5.74) is 2.95. The Morgan fingerprint density at radius 1 is 0.972 bits per heavy atom. The number of halogens is 6. The van der Waals surface area contributed by atoms with Crippen molar-refractivity contribution in [2.24, 2.45) is 5.41 Å². The van der Waals surface area contributed by atoms with Gasteiger partial charge < -0.3 is 10.2 Å². The number of aliphatic carboxylic acids is 2. The maximum Gasteiger partial charge on any atom is 0.490 e. The third kappa shape index (κ3) is 9.35. The van der Waals surface area contributed by atoms with Crippen LogP contribution in [0, 0.1) is 12.3 Å². The average Bonchev–Trinajstić information content (AvgIpc) is 3.34. The molecule has 4 rings (SSSR count). The van der Waals surface area contributed by atoms with Crippen LogP contribution in [0.5, 0.6) is 0 Å². The van der Waals surface area contributed by atoms with Gasteiger partial charge in [-0.25, -0.2) is 14.6 Å². The maximum absolute atomic E-state index is 10.6. The lowest BCUT2D eigenvalue weighted by atomic mass is 9.79. The lowest BCUT2D eigenvalue weighted by molar-refractivity contribution is -0.193. The summed E-state index contributed by atoms with van der Waals surface area (Å²) in [5, 5.41) is 17.6. The molecule has 0 amide bonds. The quantitative estimate of drug-likeness (QED) is 0.562. The van der Waals surface area contributed by atoms with Crippen LogP contribution in [0.2, 0.25) is 0 Å². The number of likely N-dealkylation sites (tertiary alicyclic amines) is 2. The summed E-state index contributed by atoms with van der Waals surface area (Å²) in [7, 11) is 0. The van der Waals surface area contributed by atoms with Gasteiger partial charge in [-0.2, -0.15) is 26.3 Å². The van der Waals surface area contributed by atoms with E-state index in [0.717, 1.165) is 13.1 Å². The first-order valence-electron chi connectivity index (χ1n) is 10.5. The number of carboxylic acid groups (broad SMARTS) is 2. The van der Waals surface area contributed by atoms with Gasteiger partial charge in [-0.15, -0.1) is 11.3 Å². The number of carbonyl (C=O) groups is 2. The minimum Gasteiger partial charge on any atom is -0.475 e. The Hall–Kier alpha value is -2.78. The van der Waals surface area contributed by atoms with Gasteiger partial charge in [-0.3, -0.25) is 14.8 Å². The Labute approximate surface area is 206 Å². The van der Waals surface area contributed by atoms with Crippen molar-refractivity contribution in [1.82, 2.24) is 19.8 Å². The molecule has 0 atom stereocenters. The first-order chi connectivity index (χ1) is 16.6. The molecule has 0 aliphatic carbocycles. The highest BCUT2D eigenvalue weighted by molar-refractivity contribution is 7.09. The smallest absolute Gasteiger partial charge is 0.475 e. The van der Waals surface area contributed by atoms with Gasteiger partial charge >= 0.3 is 24.3 Å². The Morgan fingerprint density at radius 3 is 1.94 bits per heavy atom. The largest absolute Gasteiger partial charge is 0.490 e. The summed E-state index contributed by atoms with van der Waals surface area (Å²) in [6, 6.07) is 6.18. The molecule has 15 heteroatoms. The molecule has 1 spiro atoms.